The van der Waals surface area contributed by atoms with Crippen molar-refractivity contribution in [3.63, 3.8) is 0 Å². The fraction of sp³-hybridized carbons (Fsp3) is 0.320. The Labute approximate surface area is 182 Å². The van der Waals surface area contributed by atoms with E-state index in [0.717, 1.165) is 34.7 Å². The molecule has 1 aromatic heterocycles. The molecule has 160 valence electrons. The van der Waals surface area contributed by atoms with Crippen LogP contribution in [0.5, 0.6) is 0 Å². The van der Waals surface area contributed by atoms with Gasteiger partial charge < -0.3 is 9.64 Å². The van der Waals surface area contributed by atoms with Gasteiger partial charge in [0, 0.05) is 29.4 Å². The maximum Gasteiger partial charge on any atom is 0.305 e. The summed E-state index contributed by atoms with van der Waals surface area (Å²) >= 11 is 0. The second kappa shape index (κ2) is 8.38. The highest BCUT2D eigenvalue weighted by molar-refractivity contribution is 6.07. The third kappa shape index (κ3) is 3.85. The summed E-state index contributed by atoms with van der Waals surface area (Å²) in [5.74, 6) is -0.219. The predicted molar refractivity (Wildman–Crippen MR) is 120 cm³/mol. The number of anilines is 1. The van der Waals surface area contributed by atoms with Crippen LogP contribution >= 0.6 is 0 Å². The largest absolute Gasteiger partial charge is 0.469 e. The molecule has 0 saturated heterocycles. The molecule has 3 aromatic rings. The number of esters is 1. The van der Waals surface area contributed by atoms with Crippen LogP contribution < -0.4 is 4.90 Å². The van der Waals surface area contributed by atoms with Gasteiger partial charge in [-0.2, -0.15) is 5.10 Å². The second-order valence-electron chi connectivity index (χ2n) is 8.04. The molecule has 1 aliphatic rings. The zero-order chi connectivity index (χ0) is 22.1. The first kappa shape index (κ1) is 20.8. The van der Waals surface area contributed by atoms with Gasteiger partial charge in [-0.05, 0) is 75.1 Å². The van der Waals surface area contributed by atoms with E-state index in [1.54, 1.807) is 0 Å². The van der Waals surface area contributed by atoms with Crippen molar-refractivity contribution in [2.24, 2.45) is 0 Å². The maximum atomic E-state index is 13.2. The van der Waals surface area contributed by atoms with Crippen molar-refractivity contribution in [1.29, 1.82) is 0 Å². The average molecular weight is 418 g/mol. The Morgan fingerprint density at radius 3 is 2.52 bits per heavy atom. The zero-order valence-electron chi connectivity index (χ0n) is 18.4. The average Bonchev–Trinajstić information content (AvgIpc) is 3.26. The number of benzene rings is 2. The first-order valence-electron chi connectivity index (χ1n) is 10.5. The van der Waals surface area contributed by atoms with Crippen molar-refractivity contribution < 1.29 is 14.3 Å². The molecular weight excluding hydrogens is 390 g/mol. The summed E-state index contributed by atoms with van der Waals surface area (Å²) in [4.78, 5) is 26.6. The number of rotatable bonds is 5. The van der Waals surface area contributed by atoms with Gasteiger partial charge >= 0.3 is 5.97 Å². The fourth-order valence-electron chi connectivity index (χ4n) is 4.38. The van der Waals surface area contributed by atoms with Crippen molar-refractivity contribution >= 4 is 17.6 Å². The monoisotopic (exact) mass is 417 g/mol. The van der Waals surface area contributed by atoms with Crippen LogP contribution in [0.3, 0.4) is 0 Å². The van der Waals surface area contributed by atoms with Gasteiger partial charge in [0.15, 0.2) is 0 Å². The lowest BCUT2D eigenvalue weighted by Gasteiger charge is -2.23. The summed E-state index contributed by atoms with van der Waals surface area (Å²) in [6.07, 6.45) is 1.79. The SMILES string of the molecule is COC(=O)CCc1c(C)nn(-c2ccc(C(=O)N3c4ccccc4C[C@@H]3C)cc2)c1C. The highest BCUT2D eigenvalue weighted by Gasteiger charge is 2.31. The Bertz CT molecular complexity index is 1130. The van der Waals surface area contributed by atoms with Crippen LogP contribution in [0.4, 0.5) is 5.69 Å². The molecule has 31 heavy (non-hydrogen) atoms. The van der Waals surface area contributed by atoms with Crippen molar-refractivity contribution in [3.8, 4) is 5.69 Å². The number of carbonyl (C=O) groups is 2. The number of carbonyl (C=O) groups excluding carboxylic acids is 2. The lowest BCUT2D eigenvalue weighted by atomic mass is 10.1. The molecule has 1 amide bonds. The molecule has 4 rings (SSSR count). The van der Waals surface area contributed by atoms with E-state index < -0.39 is 0 Å². The van der Waals surface area contributed by atoms with Crippen LogP contribution in [-0.2, 0) is 22.4 Å². The topological polar surface area (TPSA) is 64.4 Å². The molecule has 2 aromatic carbocycles. The number of hydrogen-bond acceptors (Lipinski definition) is 4. The summed E-state index contributed by atoms with van der Waals surface area (Å²) in [5.41, 5.74) is 6.68. The number of aryl methyl sites for hydroxylation is 1. The van der Waals surface area contributed by atoms with Gasteiger partial charge in [-0.15, -0.1) is 0 Å². The van der Waals surface area contributed by atoms with Crippen molar-refractivity contribution in [1.82, 2.24) is 9.78 Å². The van der Waals surface area contributed by atoms with Crippen LogP contribution in [0, 0.1) is 13.8 Å². The van der Waals surface area contributed by atoms with Crippen LogP contribution in [0.2, 0.25) is 0 Å². The number of methoxy groups -OCH3 is 1. The van der Waals surface area contributed by atoms with Gasteiger partial charge in [-0.3, -0.25) is 9.59 Å². The Morgan fingerprint density at radius 1 is 1.10 bits per heavy atom. The first-order valence-corrected chi connectivity index (χ1v) is 10.5. The molecule has 0 fully saturated rings. The molecule has 6 heteroatoms. The molecule has 0 aliphatic carbocycles. The summed E-state index contributed by atoms with van der Waals surface area (Å²) in [7, 11) is 1.40. The van der Waals surface area contributed by atoms with E-state index in [1.807, 2.05) is 65.9 Å². The van der Waals surface area contributed by atoms with Crippen molar-refractivity contribution in [2.75, 3.05) is 12.0 Å². The lowest BCUT2D eigenvalue weighted by Crippen LogP contribution is -2.35. The Hall–Kier alpha value is -3.41. The molecule has 0 bridgehead atoms. The summed E-state index contributed by atoms with van der Waals surface area (Å²) in [6, 6.07) is 15.8. The third-order valence-corrected chi connectivity index (χ3v) is 6.03. The minimum atomic E-state index is -0.230. The van der Waals surface area contributed by atoms with Crippen molar-refractivity contribution in [3.05, 3.63) is 76.6 Å². The van der Waals surface area contributed by atoms with E-state index in [1.165, 1.54) is 12.7 Å². The number of fused-ring (bicyclic) bond motifs is 1. The van der Waals surface area contributed by atoms with Gasteiger partial charge in [0.1, 0.15) is 0 Å². The minimum absolute atomic E-state index is 0.0103. The molecule has 0 N–H and O–H groups in total. The standard InChI is InChI=1S/C25H27N3O3/c1-16-15-20-7-5-6-8-23(20)27(16)25(30)19-9-11-21(12-10-19)28-18(3)22(17(2)26-28)13-14-24(29)31-4/h5-12,16H,13-15H2,1-4H3/t16-/m0/s1. The second-order valence-corrected chi connectivity index (χ2v) is 8.04. The first-order chi connectivity index (χ1) is 14.9. The van der Waals surface area contributed by atoms with E-state index in [-0.39, 0.29) is 17.9 Å². The predicted octanol–water partition coefficient (Wildman–Crippen LogP) is 4.19. The maximum absolute atomic E-state index is 13.2. The smallest absolute Gasteiger partial charge is 0.305 e. The Morgan fingerprint density at radius 2 is 1.81 bits per heavy atom. The molecule has 0 radical (unpaired) electrons. The molecule has 1 aliphatic heterocycles. The molecule has 0 saturated carbocycles. The molecule has 6 nitrogen and oxygen atoms in total. The van der Waals surface area contributed by atoms with Crippen molar-refractivity contribution in [2.45, 2.75) is 46.1 Å². The number of para-hydroxylation sites is 1. The Kier molecular flexibility index (Phi) is 5.63. The van der Waals surface area contributed by atoms with Gasteiger partial charge in [0.2, 0.25) is 0 Å². The van der Waals surface area contributed by atoms with Gasteiger partial charge in [0.25, 0.3) is 5.91 Å². The van der Waals surface area contributed by atoms with Gasteiger partial charge in [-0.25, -0.2) is 4.68 Å². The normalized spacial score (nSPS) is 15.1. The van der Waals surface area contributed by atoms with Crippen LogP contribution in [0.15, 0.2) is 48.5 Å². The molecular formula is C25H27N3O3. The molecule has 2 heterocycles. The number of aromatic nitrogens is 2. The summed E-state index contributed by atoms with van der Waals surface area (Å²) in [6.45, 7) is 6.02. The quantitative estimate of drug-likeness (QED) is 0.584. The van der Waals surface area contributed by atoms with Gasteiger partial charge in [0.05, 0.1) is 18.5 Å². The highest BCUT2D eigenvalue weighted by atomic mass is 16.5. The van der Waals surface area contributed by atoms with E-state index in [4.69, 9.17) is 4.74 Å². The zero-order valence-corrected chi connectivity index (χ0v) is 18.4. The number of ether oxygens (including phenoxy) is 1. The molecule has 0 unspecified atom stereocenters. The Balaban J connectivity index is 1.57. The minimum Gasteiger partial charge on any atom is -0.469 e. The number of hydrogen-bond donors (Lipinski definition) is 0. The van der Waals surface area contributed by atoms with E-state index in [9.17, 15) is 9.59 Å². The lowest BCUT2D eigenvalue weighted by molar-refractivity contribution is -0.140. The van der Waals surface area contributed by atoms with E-state index >= 15 is 0 Å². The van der Waals surface area contributed by atoms with E-state index in [0.29, 0.717) is 18.4 Å². The molecule has 0 spiro atoms. The fourth-order valence-corrected chi connectivity index (χ4v) is 4.38. The summed E-state index contributed by atoms with van der Waals surface area (Å²) in [5, 5.41) is 4.65. The van der Waals surface area contributed by atoms with Crippen LogP contribution in [-0.4, -0.2) is 34.8 Å². The molecule has 1 atom stereocenters. The van der Waals surface area contributed by atoms with Crippen LogP contribution in [0.25, 0.3) is 5.69 Å². The number of nitrogens with zero attached hydrogens (tertiary/aromatic N) is 3. The van der Waals surface area contributed by atoms with Gasteiger partial charge in [-0.1, -0.05) is 18.2 Å². The van der Waals surface area contributed by atoms with Crippen LogP contribution in [0.1, 0.15) is 46.2 Å². The summed E-state index contributed by atoms with van der Waals surface area (Å²) < 4.78 is 6.61. The highest BCUT2D eigenvalue weighted by Crippen LogP contribution is 2.33. The third-order valence-electron chi connectivity index (χ3n) is 6.03. The number of amides is 1. The van der Waals surface area contributed by atoms with E-state index in [2.05, 4.69) is 18.1 Å².